The molecule has 1 fully saturated rings. The molecule has 0 saturated carbocycles. The monoisotopic (exact) mass is 279 g/mol. The molecule has 1 saturated heterocycles. The van der Waals surface area contributed by atoms with Crippen LogP contribution >= 0.6 is 0 Å². The maximum atomic E-state index is 4.89. The van der Waals surface area contributed by atoms with Crippen molar-refractivity contribution in [3.63, 3.8) is 0 Å². The van der Waals surface area contributed by atoms with Gasteiger partial charge in [-0.3, -0.25) is 0 Å². The molecule has 1 aliphatic carbocycles. The number of rotatable bonds is 3. The van der Waals surface area contributed by atoms with Crippen LogP contribution in [-0.2, 0) is 6.42 Å². The number of fused-ring (bicyclic) bond motifs is 2. The van der Waals surface area contributed by atoms with E-state index in [1.165, 1.54) is 18.2 Å². The Hall–Kier alpha value is -1.90. The Bertz CT molecular complexity index is 705. The van der Waals surface area contributed by atoms with E-state index in [0.717, 1.165) is 49.0 Å². The first kappa shape index (κ1) is 12.8. The van der Waals surface area contributed by atoms with Gasteiger partial charge in [0.05, 0.1) is 5.52 Å². The molecule has 1 aromatic heterocycles. The van der Waals surface area contributed by atoms with Gasteiger partial charge in [-0.15, -0.1) is 0 Å². The Kier molecular flexibility index (Phi) is 3.13. The molecule has 108 valence electrons. The molecule has 4 rings (SSSR count). The minimum atomic E-state index is 0.790. The lowest BCUT2D eigenvalue weighted by atomic mass is 10.2. The van der Waals surface area contributed by atoms with Crippen molar-refractivity contribution in [2.24, 2.45) is 5.92 Å². The van der Waals surface area contributed by atoms with Gasteiger partial charge in [0.1, 0.15) is 11.6 Å². The van der Waals surface area contributed by atoms with E-state index in [1.807, 2.05) is 0 Å². The summed E-state index contributed by atoms with van der Waals surface area (Å²) in [6.45, 7) is 4.39. The summed E-state index contributed by atoms with van der Waals surface area (Å²) >= 11 is 0. The fourth-order valence-corrected chi connectivity index (χ4v) is 3.31. The molecule has 21 heavy (non-hydrogen) atoms. The van der Waals surface area contributed by atoms with Gasteiger partial charge in [0.2, 0.25) is 0 Å². The third kappa shape index (κ3) is 2.41. The van der Waals surface area contributed by atoms with Gasteiger partial charge in [-0.25, -0.2) is 9.97 Å². The predicted molar refractivity (Wildman–Crippen MR) is 86.6 cm³/mol. The molecule has 0 radical (unpaired) electrons. The topological polar surface area (TPSA) is 29.0 Å². The number of benzene rings is 1. The molecule has 2 aromatic rings. The summed E-state index contributed by atoms with van der Waals surface area (Å²) < 4.78 is 0. The number of hydrogen-bond donors (Lipinski definition) is 0. The quantitative estimate of drug-likeness (QED) is 0.801. The third-order valence-corrected chi connectivity index (χ3v) is 4.57. The lowest BCUT2D eigenvalue weighted by Gasteiger charge is -2.23. The Morgan fingerprint density at radius 1 is 1.19 bits per heavy atom. The van der Waals surface area contributed by atoms with Gasteiger partial charge in [0.25, 0.3) is 0 Å². The van der Waals surface area contributed by atoms with Gasteiger partial charge >= 0.3 is 0 Å². The molecule has 2 heterocycles. The van der Waals surface area contributed by atoms with Crippen LogP contribution in [0.1, 0.15) is 32.0 Å². The van der Waals surface area contributed by atoms with Gasteiger partial charge in [0, 0.05) is 24.9 Å². The van der Waals surface area contributed by atoms with Crippen LogP contribution in [-0.4, -0.2) is 23.1 Å². The average Bonchev–Trinajstić information content (AvgIpc) is 3.26. The van der Waals surface area contributed by atoms with Gasteiger partial charge in [-0.1, -0.05) is 30.7 Å². The highest BCUT2D eigenvalue weighted by Gasteiger charge is 2.29. The maximum absolute atomic E-state index is 4.89. The zero-order valence-corrected chi connectivity index (χ0v) is 12.5. The second-order valence-corrected chi connectivity index (χ2v) is 6.10. The second-order valence-electron chi connectivity index (χ2n) is 6.10. The van der Waals surface area contributed by atoms with Crippen molar-refractivity contribution < 1.29 is 0 Å². The van der Waals surface area contributed by atoms with Crippen LogP contribution in [0.15, 0.2) is 35.9 Å². The first-order valence-corrected chi connectivity index (χ1v) is 8.06. The Morgan fingerprint density at radius 3 is 3.00 bits per heavy atom. The fraction of sp³-hybridized carbons (Fsp3) is 0.444. The van der Waals surface area contributed by atoms with Crippen LogP contribution in [0.3, 0.4) is 0 Å². The Balaban J connectivity index is 1.76. The van der Waals surface area contributed by atoms with Crippen molar-refractivity contribution in [3.8, 4) is 0 Å². The van der Waals surface area contributed by atoms with E-state index >= 15 is 0 Å². The Morgan fingerprint density at radius 2 is 2.10 bits per heavy atom. The van der Waals surface area contributed by atoms with E-state index in [2.05, 4.69) is 42.2 Å². The summed E-state index contributed by atoms with van der Waals surface area (Å²) in [6.07, 6.45) is 6.92. The van der Waals surface area contributed by atoms with Crippen molar-refractivity contribution in [3.05, 3.63) is 41.7 Å². The van der Waals surface area contributed by atoms with E-state index in [-0.39, 0.29) is 0 Å². The number of para-hydroxylation sites is 1. The van der Waals surface area contributed by atoms with Gasteiger partial charge in [-0.05, 0) is 37.3 Å². The van der Waals surface area contributed by atoms with Crippen molar-refractivity contribution in [2.45, 2.75) is 32.6 Å². The standard InChI is InChI=1S/C18H21N3/c1-2-5-17-19-16-7-4-3-6-15(16)18(20-17)21-10-8-13-12-14(13)9-11-21/h3-4,6-7,12-13H,2,5,8-11H2,1H3. The normalized spacial score (nSPS) is 20.9. The van der Waals surface area contributed by atoms with Crippen LogP contribution < -0.4 is 4.90 Å². The molecule has 1 unspecified atom stereocenters. The van der Waals surface area contributed by atoms with E-state index in [0.29, 0.717) is 0 Å². The van der Waals surface area contributed by atoms with Crippen LogP contribution in [0.5, 0.6) is 0 Å². The minimum absolute atomic E-state index is 0.790. The fourth-order valence-electron chi connectivity index (χ4n) is 3.31. The summed E-state index contributed by atoms with van der Waals surface area (Å²) in [5.41, 5.74) is 2.74. The summed E-state index contributed by atoms with van der Waals surface area (Å²) in [5.74, 6) is 2.92. The number of aryl methyl sites for hydroxylation is 1. The summed E-state index contributed by atoms with van der Waals surface area (Å²) in [5, 5.41) is 1.20. The van der Waals surface area contributed by atoms with Crippen LogP contribution in [0.2, 0.25) is 0 Å². The predicted octanol–water partition coefficient (Wildman–Crippen LogP) is 3.74. The number of nitrogens with zero attached hydrogens (tertiary/aromatic N) is 3. The molecular weight excluding hydrogens is 258 g/mol. The first-order valence-electron chi connectivity index (χ1n) is 8.06. The van der Waals surface area contributed by atoms with Crippen molar-refractivity contribution in [1.29, 1.82) is 0 Å². The second kappa shape index (κ2) is 5.14. The molecule has 1 aliphatic heterocycles. The first-order chi connectivity index (χ1) is 10.3. The largest absolute Gasteiger partial charge is 0.356 e. The third-order valence-electron chi connectivity index (χ3n) is 4.57. The van der Waals surface area contributed by atoms with Crippen LogP contribution in [0.4, 0.5) is 5.82 Å². The molecule has 0 N–H and O–H groups in total. The number of hydrogen-bond acceptors (Lipinski definition) is 3. The summed E-state index contributed by atoms with van der Waals surface area (Å²) in [4.78, 5) is 12.1. The highest BCUT2D eigenvalue weighted by Crippen LogP contribution is 2.38. The van der Waals surface area contributed by atoms with Crippen LogP contribution in [0, 0.1) is 5.92 Å². The lowest BCUT2D eigenvalue weighted by molar-refractivity contribution is 0.732. The van der Waals surface area contributed by atoms with Crippen molar-refractivity contribution >= 4 is 16.7 Å². The number of aromatic nitrogens is 2. The zero-order chi connectivity index (χ0) is 14.2. The van der Waals surface area contributed by atoms with E-state index in [4.69, 9.17) is 9.97 Å². The van der Waals surface area contributed by atoms with Gasteiger partial charge in [-0.2, -0.15) is 0 Å². The SMILES string of the molecule is CCCc1nc(N2CCC3=CC3CC2)c2ccccc2n1. The minimum Gasteiger partial charge on any atom is -0.356 e. The van der Waals surface area contributed by atoms with Crippen molar-refractivity contribution in [2.75, 3.05) is 18.0 Å². The average molecular weight is 279 g/mol. The molecule has 0 amide bonds. The van der Waals surface area contributed by atoms with Gasteiger partial charge < -0.3 is 4.90 Å². The lowest BCUT2D eigenvalue weighted by Crippen LogP contribution is -2.26. The molecule has 0 spiro atoms. The molecule has 2 aliphatic rings. The molecular formula is C18H21N3. The highest BCUT2D eigenvalue weighted by atomic mass is 15.2. The van der Waals surface area contributed by atoms with Crippen molar-refractivity contribution in [1.82, 2.24) is 9.97 Å². The summed E-state index contributed by atoms with van der Waals surface area (Å²) in [6, 6.07) is 8.42. The molecule has 1 atom stereocenters. The van der Waals surface area contributed by atoms with E-state index in [1.54, 1.807) is 5.57 Å². The van der Waals surface area contributed by atoms with Gasteiger partial charge in [0.15, 0.2) is 0 Å². The maximum Gasteiger partial charge on any atom is 0.140 e. The van der Waals surface area contributed by atoms with Crippen LogP contribution in [0.25, 0.3) is 10.9 Å². The highest BCUT2D eigenvalue weighted by molar-refractivity contribution is 5.89. The smallest absolute Gasteiger partial charge is 0.140 e. The number of anilines is 1. The molecule has 0 bridgehead atoms. The molecule has 1 aromatic carbocycles. The Labute approximate surface area is 125 Å². The van der Waals surface area contributed by atoms with E-state index in [9.17, 15) is 0 Å². The molecule has 3 nitrogen and oxygen atoms in total. The molecule has 3 heteroatoms. The number of allylic oxidation sites excluding steroid dienone is 1. The zero-order valence-electron chi connectivity index (χ0n) is 12.5. The van der Waals surface area contributed by atoms with E-state index < -0.39 is 0 Å². The summed E-state index contributed by atoms with van der Waals surface area (Å²) in [7, 11) is 0.